The number of benzene rings is 1. The summed E-state index contributed by atoms with van der Waals surface area (Å²) >= 11 is 0. The number of halogens is 2. The van der Waals surface area contributed by atoms with E-state index in [2.05, 4.69) is 14.9 Å². The first-order chi connectivity index (χ1) is 8.15. The van der Waals surface area contributed by atoms with E-state index in [1.165, 1.54) is 12.1 Å². The first-order valence-corrected chi connectivity index (χ1v) is 5.00. The van der Waals surface area contributed by atoms with Crippen LogP contribution >= 0.6 is 0 Å². The molecule has 0 saturated carbocycles. The maximum Gasteiger partial charge on any atom is 0.387 e. The number of alkyl halides is 2. The monoisotopic (exact) mass is 236 g/mol. The zero-order chi connectivity index (χ0) is 12.3. The molecule has 17 heavy (non-hydrogen) atoms. The first-order valence-electron chi connectivity index (χ1n) is 5.00. The number of aryl methyl sites for hydroxylation is 1. The summed E-state index contributed by atoms with van der Waals surface area (Å²) in [5, 5.41) is 7.75. The Labute approximate surface area is 97.1 Å². The van der Waals surface area contributed by atoms with E-state index in [9.17, 15) is 8.78 Å². The average molecular weight is 236 g/mol. The van der Waals surface area contributed by atoms with Crippen LogP contribution in [-0.2, 0) is 0 Å². The number of hydrogen-bond donors (Lipinski definition) is 0. The molecule has 0 aliphatic rings. The van der Waals surface area contributed by atoms with E-state index in [-0.39, 0.29) is 5.75 Å². The van der Waals surface area contributed by atoms with E-state index in [0.717, 1.165) is 5.56 Å². The van der Waals surface area contributed by atoms with Crippen molar-refractivity contribution in [3.05, 3.63) is 42.1 Å². The number of rotatable bonds is 3. The van der Waals surface area contributed by atoms with E-state index in [1.807, 2.05) is 13.0 Å². The summed E-state index contributed by atoms with van der Waals surface area (Å²) < 4.78 is 28.5. The van der Waals surface area contributed by atoms with Crippen molar-refractivity contribution >= 4 is 0 Å². The zero-order valence-corrected chi connectivity index (χ0v) is 9.10. The first kappa shape index (κ1) is 11.4. The normalized spacial score (nSPS) is 10.6. The van der Waals surface area contributed by atoms with Crippen LogP contribution in [0.5, 0.6) is 5.75 Å². The molecule has 0 N–H and O–H groups in total. The summed E-state index contributed by atoms with van der Waals surface area (Å²) in [6, 6.07) is 8.21. The van der Waals surface area contributed by atoms with Gasteiger partial charge in [0.05, 0.1) is 11.9 Å². The Kier molecular flexibility index (Phi) is 3.27. The summed E-state index contributed by atoms with van der Waals surface area (Å²) in [4.78, 5) is 0. The second kappa shape index (κ2) is 4.86. The highest BCUT2D eigenvalue weighted by Gasteiger charge is 2.06. The molecule has 88 valence electrons. The third kappa shape index (κ3) is 2.96. The molecule has 0 atom stereocenters. The van der Waals surface area contributed by atoms with Crippen LogP contribution in [0, 0.1) is 6.92 Å². The van der Waals surface area contributed by atoms with Crippen LogP contribution in [0.1, 0.15) is 5.56 Å². The van der Waals surface area contributed by atoms with Crippen molar-refractivity contribution < 1.29 is 13.5 Å². The zero-order valence-electron chi connectivity index (χ0n) is 9.10. The lowest BCUT2D eigenvalue weighted by Crippen LogP contribution is -2.01. The SMILES string of the molecule is Cc1cnnc(-c2cccc(OC(F)F)c2)c1. The molecule has 0 unspecified atom stereocenters. The van der Waals surface area contributed by atoms with Crippen molar-refractivity contribution in [1.29, 1.82) is 0 Å². The smallest absolute Gasteiger partial charge is 0.387 e. The second-order valence-electron chi connectivity index (χ2n) is 3.52. The van der Waals surface area contributed by atoms with Gasteiger partial charge >= 0.3 is 6.61 Å². The molecule has 0 fully saturated rings. The molecular weight excluding hydrogens is 226 g/mol. The molecule has 2 rings (SSSR count). The van der Waals surface area contributed by atoms with Gasteiger partial charge in [0.25, 0.3) is 0 Å². The minimum absolute atomic E-state index is 0.112. The highest BCUT2D eigenvalue weighted by atomic mass is 19.3. The van der Waals surface area contributed by atoms with Crippen molar-refractivity contribution in [2.45, 2.75) is 13.5 Å². The predicted molar refractivity (Wildman–Crippen MR) is 58.8 cm³/mol. The summed E-state index contributed by atoms with van der Waals surface area (Å²) in [5.41, 5.74) is 2.28. The topological polar surface area (TPSA) is 35.0 Å². The number of nitrogens with zero attached hydrogens (tertiary/aromatic N) is 2. The van der Waals surface area contributed by atoms with Crippen molar-refractivity contribution in [3.8, 4) is 17.0 Å². The molecule has 1 aromatic heterocycles. The summed E-state index contributed by atoms with van der Waals surface area (Å²) in [5.74, 6) is 0.112. The van der Waals surface area contributed by atoms with Gasteiger partial charge in [-0.1, -0.05) is 12.1 Å². The van der Waals surface area contributed by atoms with Gasteiger partial charge < -0.3 is 4.74 Å². The highest BCUT2D eigenvalue weighted by molar-refractivity contribution is 5.61. The largest absolute Gasteiger partial charge is 0.435 e. The Morgan fingerprint density at radius 2 is 2.06 bits per heavy atom. The maximum absolute atomic E-state index is 12.1. The number of aromatic nitrogens is 2. The Hall–Kier alpha value is -2.04. The molecule has 5 heteroatoms. The molecule has 3 nitrogen and oxygen atoms in total. The summed E-state index contributed by atoms with van der Waals surface area (Å²) in [6.45, 7) is -0.939. The van der Waals surface area contributed by atoms with Crippen LogP contribution in [0.25, 0.3) is 11.3 Å². The molecule has 1 aromatic carbocycles. The van der Waals surface area contributed by atoms with Crippen molar-refractivity contribution in [2.75, 3.05) is 0 Å². The van der Waals surface area contributed by atoms with Gasteiger partial charge in [-0.15, -0.1) is 0 Å². The van der Waals surface area contributed by atoms with E-state index in [4.69, 9.17) is 0 Å². The van der Waals surface area contributed by atoms with Gasteiger partial charge in [-0.25, -0.2) is 0 Å². The van der Waals surface area contributed by atoms with Crippen molar-refractivity contribution in [1.82, 2.24) is 10.2 Å². The summed E-state index contributed by atoms with van der Waals surface area (Å²) in [7, 11) is 0. The Bertz CT molecular complexity index is 517. The lowest BCUT2D eigenvalue weighted by molar-refractivity contribution is -0.0498. The number of ether oxygens (including phenoxy) is 1. The standard InChI is InChI=1S/C12H10F2N2O/c1-8-5-11(16-15-7-8)9-3-2-4-10(6-9)17-12(13)14/h2-7,12H,1H3. The molecule has 0 bridgehead atoms. The lowest BCUT2D eigenvalue weighted by Gasteiger charge is -2.06. The van der Waals surface area contributed by atoms with E-state index < -0.39 is 6.61 Å². The van der Waals surface area contributed by atoms with Crippen LogP contribution in [0.4, 0.5) is 8.78 Å². The highest BCUT2D eigenvalue weighted by Crippen LogP contribution is 2.23. The van der Waals surface area contributed by atoms with Crippen LogP contribution < -0.4 is 4.74 Å². The molecular formula is C12H10F2N2O. The maximum atomic E-state index is 12.1. The summed E-state index contributed by atoms with van der Waals surface area (Å²) in [6.07, 6.45) is 1.63. The quantitative estimate of drug-likeness (QED) is 0.821. The third-order valence-corrected chi connectivity index (χ3v) is 2.15. The number of hydrogen-bond acceptors (Lipinski definition) is 3. The third-order valence-electron chi connectivity index (χ3n) is 2.15. The van der Waals surface area contributed by atoms with Gasteiger partial charge in [0.1, 0.15) is 5.75 Å². The van der Waals surface area contributed by atoms with Gasteiger partial charge in [0.2, 0.25) is 0 Å². The fourth-order valence-electron chi connectivity index (χ4n) is 1.44. The molecule has 0 amide bonds. The molecule has 0 radical (unpaired) electrons. The van der Waals surface area contributed by atoms with Gasteiger partial charge in [0.15, 0.2) is 0 Å². The molecule has 1 heterocycles. The van der Waals surface area contributed by atoms with Crippen LogP contribution in [0.3, 0.4) is 0 Å². The Balaban J connectivity index is 2.33. The van der Waals surface area contributed by atoms with E-state index in [1.54, 1.807) is 18.3 Å². The van der Waals surface area contributed by atoms with Gasteiger partial charge in [-0.05, 0) is 30.7 Å². The Morgan fingerprint density at radius 1 is 1.24 bits per heavy atom. The Morgan fingerprint density at radius 3 is 2.76 bits per heavy atom. The lowest BCUT2D eigenvalue weighted by atomic mass is 10.1. The van der Waals surface area contributed by atoms with Gasteiger partial charge in [0, 0.05) is 5.56 Å². The molecule has 0 saturated heterocycles. The molecule has 2 aromatic rings. The fourth-order valence-corrected chi connectivity index (χ4v) is 1.44. The van der Waals surface area contributed by atoms with Crippen molar-refractivity contribution in [2.24, 2.45) is 0 Å². The van der Waals surface area contributed by atoms with Crippen LogP contribution in [0.2, 0.25) is 0 Å². The van der Waals surface area contributed by atoms with Crippen LogP contribution in [-0.4, -0.2) is 16.8 Å². The minimum atomic E-state index is -2.83. The molecule has 0 aliphatic heterocycles. The van der Waals surface area contributed by atoms with Crippen LogP contribution in [0.15, 0.2) is 36.5 Å². The molecule has 0 spiro atoms. The average Bonchev–Trinajstić information content (AvgIpc) is 2.28. The van der Waals surface area contributed by atoms with Gasteiger partial charge in [-0.2, -0.15) is 19.0 Å². The van der Waals surface area contributed by atoms with Crippen molar-refractivity contribution in [3.63, 3.8) is 0 Å². The second-order valence-corrected chi connectivity index (χ2v) is 3.52. The predicted octanol–water partition coefficient (Wildman–Crippen LogP) is 3.05. The fraction of sp³-hybridized carbons (Fsp3) is 0.167. The minimum Gasteiger partial charge on any atom is -0.435 e. The van der Waals surface area contributed by atoms with Gasteiger partial charge in [-0.3, -0.25) is 0 Å². The van der Waals surface area contributed by atoms with E-state index in [0.29, 0.717) is 11.3 Å². The van der Waals surface area contributed by atoms with E-state index >= 15 is 0 Å². The molecule has 0 aliphatic carbocycles.